The molecule has 0 aliphatic heterocycles. The quantitative estimate of drug-likeness (QED) is 0.731. The van der Waals surface area contributed by atoms with E-state index in [0.29, 0.717) is 5.65 Å². The molecule has 2 aromatic heterocycles. The number of fused-ring (bicyclic) bond motifs is 1. The summed E-state index contributed by atoms with van der Waals surface area (Å²) in [4.78, 5) is 3.73. The van der Waals surface area contributed by atoms with Crippen LogP contribution in [0.2, 0.25) is 5.15 Å². The maximum atomic E-state index is 10.8. The molecule has 6 nitrogen and oxygen atoms in total. The van der Waals surface area contributed by atoms with E-state index < -0.39 is 15.1 Å². The molecule has 74 valence electrons. The fourth-order valence-electron chi connectivity index (χ4n) is 1.01. The van der Waals surface area contributed by atoms with Gasteiger partial charge in [0.25, 0.3) is 0 Å². The minimum absolute atomic E-state index is 0.111. The molecule has 14 heavy (non-hydrogen) atoms. The second-order valence-electron chi connectivity index (χ2n) is 2.50. The van der Waals surface area contributed by atoms with Crippen molar-refractivity contribution in [3.8, 4) is 0 Å². The molecule has 0 saturated carbocycles. The Morgan fingerprint density at radius 2 is 2.14 bits per heavy atom. The Labute approximate surface area is 83.9 Å². The number of aromatic nitrogens is 3. The van der Waals surface area contributed by atoms with Gasteiger partial charge in [-0.05, 0) is 12.1 Å². The predicted octanol–water partition coefficient (Wildman–Crippen LogP) is 0.629. The van der Waals surface area contributed by atoms with Gasteiger partial charge in [0, 0.05) is 0 Å². The van der Waals surface area contributed by atoms with Gasteiger partial charge in [-0.25, -0.2) is 4.98 Å². The third kappa shape index (κ3) is 1.45. The first-order chi connectivity index (χ1) is 6.48. The lowest BCUT2D eigenvalue weighted by Gasteiger charge is -1.96. The molecule has 0 radical (unpaired) electrons. The molecule has 0 saturated heterocycles. The minimum Gasteiger partial charge on any atom is -0.281 e. The summed E-state index contributed by atoms with van der Waals surface area (Å²) in [6.45, 7) is 0. The van der Waals surface area contributed by atoms with Crippen LogP contribution in [-0.4, -0.2) is 27.6 Å². The minimum atomic E-state index is -4.32. The van der Waals surface area contributed by atoms with Gasteiger partial charge in [0.05, 0.1) is 6.20 Å². The van der Waals surface area contributed by atoms with E-state index in [1.807, 2.05) is 0 Å². The monoisotopic (exact) mass is 233 g/mol. The topological polar surface area (TPSA) is 84.6 Å². The second kappa shape index (κ2) is 2.91. The Bertz CT molecular complexity index is 591. The SMILES string of the molecule is O=S(=O)(O)c1cnc2ccc(Cl)nn12. The molecule has 1 N–H and O–H groups in total. The molecule has 0 aliphatic carbocycles. The number of hydrogen-bond acceptors (Lipinski definition) is 4. The maximum Gasteiger partial charge on any atom is 0.313 e. The Kier molecular flexibility index (Phi) is 1.95. The fourth-order valence-corrected chi connectivity index (χ4v) is 1.68. The zero-order valence-corrected chi connectivity index (χ0v) is 8.20. The molecule has 0 spiro atoms. The van der Waals surface area contributed by atoms with Gasteiger partial charge >= 0.3 is 10.1 Å². The Morgan fingerprint density at radius 3 is 2.79 bits per heavy atom. The summed E-state index contributed by atoms with van der Waals surface area (Å²) in [6.07, 6.45) is 1.01. The van der Waals surface area contributed by atoms with Crippen LogP contribution in [0.4, 0.5) is 0 Å². The largest absolute Gasteiger partial charge is 0.313 e. The Morgan fingerprint density at radius 1 is 1.43 bits per heavy atom. The summed E-state index contributed by atoms with van der Waals surface area (Å²) in [5, 5.41) is 3.39. The van der Waals surface area contributed by atoms with Crippen molar-refractivity contribution in [2.45, 2.75) is 5.03 Å². The lowest BCUT2D eigenvalue weighted by atomic mass is 10.6. The standard InChI is InChI=1S/C6H4ClN3O3S/c7-4-1-2-5-8-3-6(10(5)9-4)14(11,12)13/h1-3H,(H,11,12,13). The second-order valence-corrected chi connectivity index (χ2v) is 4.25. The van der Waals surface area contributed by atoms with Crippen molar-refractivity contribution in [1.82, 2.24) is 14.6 Å². The highest BCUT2D eigenvalue weighted by molar-refractivity contribution is 7.85. The van der Waals surface area contributed by atoms with E-state index in [-0.39, 0.29) is 5.15 Å². The summed E-state index contributed by atoms with van der Waals surface area (Å²) in [7, 11) is -4.32. The van der Waals surface area contributed by atoms with Gasteiger partial charge in [0.15, 0.2) is 5.65 Å². The summed E-state index contributed by atoms with van der Waals surface area (Å²) in [5.41, 5.74) is 0.294. The average Bonchev–Trinajstić information content (AvgIpc) is 2.45. The first kappa shape index (κ1) is 9.38. The van der Waals surface area contributed by atoms with E-state index in [1.54, 1.807) is 0 Å². The van der Waals surface area contributed by atoms with E-state index in [9.17, 15) is 8.42 Å². The molecule has 2 heterocycles. The van der Waals surface area contributed by atoms with E-state index in [0.717, 1.165) is 10.7 Å². The summed E-state index contributed by atoms with van der Waals surface area (Å²) >= 11 is 5.56. The highest BCUT2D eigenvalue weighted by Crippen LogP contribution is 2.12. The van der Waals surface area contributed by atoms with Crippen molar-refractivity contribution in [3.05, 3.63) is 23.5 Å². The third-order valence-corrected chi connectivity index (χ3v) is 2.57. The molecular formula is C6H4ClN3O3S. The van der Waals surface area contributed by atoms with Crippen molar-refractivity contribution in [2.75, 3.05) is 0 Å². The molecule has 0 atom stereocenters. The average molecular weight is 234 g/mol. The van der Waals surface area contributed by atoms with E-state index in [4.69, 9.17) is 16.2 Å². The van der Waals surface area contributed by atoms with Gasteiger partial charge < -0.3 is 0 Å². The van der Waals surface area contributed by atoms with Crippen LogP contribution in [-0.2, 0) is 10.1 Å². The summed E-state index contributed by atoms with van der Waals surface area (Å²) < 4.78 is 31.4. The van der Waals surface area contributed by atoms with Gasteiger partial charge in [-0.3, -0.25) is 4.55 Å². The fraction of sp³-hybridized carbons (Fsp3) is 0. The number of halogens is 1. The zero-order chi connectivity index (χ0) is 10.3. The molecule has 2 rings (SSSR count). The summed E-state index contributed by atoms with van der Waals surface area (Å²) in [6, 6.07) is 2.96. The van der Waals surface area contributed by atoms with E-state index in [2.05, 4.69) is 10.1 Å². The molecule has 2 aromatic rings. The van der Waals surface area contributed by atoms with Crippen LogP contribution in [0.1, 0.15) is 0 Å². The van der Waals surface area contributed by atoms with Crippen molar-refractivity contribution in [2.24, 2.45) is 0 Å². The van der Waals surface area contributed by atoms with Gasteiger partial charge in [-0.2, -0.15) is 18.0 Å². The van der Waals surface area contributed by atoms with Gasteiger partial charge in [0.2, 0.25) is 5.03 Å². The lowest BCUT2D eigenvalue weighted by Crippen LogP contribution is -2.04. The molecule has 0 fully saturated rings. The smallest absolute Gasteiger partial charge is 0.281 e. The molecule has 0 aliphatic rings. The van der Waals surface area contributed by atoms with E-state index in [1.165, 1.54) is 12.1 Å². The normalized spacial score (nSPS) is 12.1. The predicted molar refractivity (Wildman–Crippen MR) is 47.8 cm³/mol. The number of hydrogen-bond donors (Lipinski definition) is 1. The molecule has 0 amide bonds. The van der Waals surface area contributed by atoms with Crippen molar-refractivity contribution < 1.29 is 13.0 Å². The third-order valence-electron chi connectivity index (χ3n) is 1.56. The highest BCUT2D eigenvalue weighted by Gasteiger charge is 2.16. The Hall–Kier alpha value is -1.18. The molecule has 0 bridgehead atoms. The van der Waals surface area contributed by atoms with Crippen LogP contribution in [0.3, 0.4) is 0 Å². The first-order valence-electron chi connectivity index (χ1n) is 3.46. The Balaban J connectivity index is 2.87. The van der Waals surface area contributed by atoms with Gasteiger partial charge in [-0.1, -0.05) is 11.6 Å². The van der Waals surface area contributed by atoms with Crippen LogP contribution in [0.5, 0.6) is 0 Å². The first-order valence-corrected chi connectivity index (χ1v) is 5.28. The van der Waals surface area contributed by atoms with Gasteiger partial charge in [-0.15, -0.1) is 0 Å². The zero-order valence-electron chi connectivity index (χ0n) is 6.62. The van der Waals surface area contributed by atoms with Crippen molar-refractivity contribution in [3.63, 3.8) is 0 Å². The molecular weight excluding hydrogens is 230 g/mol. The number of nitrogens with zero attached hydrogens (tertiary/aromatic N) is 3. The number of imidazole rings is 1. The van der Waals surface area contributed by atoms with E-state index >= 15 is 0 Å². The molecule has 0 unspecified atom stereocenters. The van der Waals surface area contributed by atoms with Crippen molar-refractivity contribution in [1.29, 1.82) is 0 Å². The van der Waals surface area contributed by atoms with Crippen LogP contribution in [0.25, 0.3) is 5.65 Å². The summed E-state index contributed by atoms with van der Waals surface area (Å²) in [5.74, 6) is 0. The van der Waals surface area contributed by atoms with Crippen LogP contribution >= 0.6 is 11.6 Å². The van der Waals surface area contributed by atoms with Crippen LogP contribution in [0, 0.1) is 0 Å². The van der Waals surface area contributed by atoms with Crippen LogP contribution in [0.15, 0.2) is 23.4 Å². The maximum absolute atomic E-state index is 10.8. The molecule has 8 heteroatoms. The lowest BCUT2D eigenvalue weighted by molar-refractivity contribution is 0.476. The highest BCUT2D eigenvalue weighted by atomic mass is 35.5. The van der Waals surface area contributed by atoms with Crippen LogP contribution < -0.4 is 0 Å². The number of rotatable bonds is 1. The van der Waals surface area contributed by atoms with Gasteiger partial charge in [0.1, 0.15) is 5.15 Å². The van der Waals surface area contributed by atoms with Crippen molar-refractivity contribution >= 4 is 27.4 Å². The molecule has 0 aromatic carbocycles.